The quantitative estimate of drug-likeness (QED) is 0.681. The predicted molar refractivity (Wildman–Crippen MR) is 48.1 cm³/mol. The molecule has 0 heterocycles. The lowest BCUT2D eigenvalue weighted by Crippen LogP contribution is -2.18. The van der Waals surface area contributed by atoms with Crippen molar-refractivity contribution < 1.29 is 19.1 Å². The highest BCUT2D eigenvalue weighted by Crippen LogP contribution is 2.24. The zero-order valence-corrected chi connectivity index (χ0v) is 8.67. The molecule has 0 unspecified atom stereocenters. The second-order valence-electron chi connectivity index (χ2n) is 2.25. The van der Waals surface area contributed by atoms with E-state index in [-0.39, 0.29) is 27.6 Å². The fourth-order valence-corrected chi connectivity index (χ4v) is 1.46. The van der Waals surface area contributed by atoms with Gasteiger partial charge in [0, 0.05) is 6.08 Å². The van der Waals surface area contributed by atoms with Gasteiger partial charge in [0.05, 0.1) is 14.2 Å². The second-order valence-corrected chi connectivity index (χ2v) is 3.05. The number of hydrogen-bond donors (Lipinski definition) is 0. The van der Waals surface area contributed by atoms with Crippen LogP contribution in [0.3, 0.4) is 0 Å². The summed E-state index contributed by atoms with van der Waals surface area (Å²) in [6.07, 6.45) is 1.10. The third-order valence-corrected chi connectivity index (χ3v) is 2.25. The van der Waals surface area contributed by atoms with Crippen LogP contribution in [0.4, 0.5) is 0 Å². The summed E-state index contributed by atoms with van der Waals surface area (Å²) < 4.78 is 9.55. The van der Waals surface area contributed by atoms with E-state index in [9.17, 15) is 9.59 Å². The molecule has 0 aromatic carbocycles. The number of rotatable bonds is 2. The van der Waals surface area contributed by atoms with Crippen LogP contribution in [0.15, 0.2) is 22.1 Å². The van der Waals surface area contributed by atoms with Gasteiger partial charge in [0.15, 0.2) is 11.5 Å². The van der Waals surface area contributed by atoms with Gasteiger partial charge in [0.2, 0.25) is 11.6 Å². The monoisotopic (exact) mass is 246 g/mol. The lowest BCUT2D eigenvalue weighted by atomic mass is 10.1. The number of allylic oxidation sites excluding steroid dienone is 2. The van der Waals surface area contributed by atoms with Gasteiger partial charge < -0.3 is 9.47 Å². The fraction of sp³-hybridized carbons (Fsp3) is 0.250. The number of ether oxygens (including phenoxy) is 2. The van der Waals surface area contributed by atoms with Gasteiger partial charge in [0.1, 0.15) is 4.48 Å². The molecule has 0 N–H and O–H groups in total. The van der Waals surface area contributed by atoms with Crippen LogP contribution in [0.5, 0.6) is 0 Å². The summed E-state index contributed by atoms with van der Waals surface area (Å²) in [6, 6.07) is 0. The van der Waals surface area contributed by atoms with Crippen molar-refractivity contribution in [2.75, 3.05) is 14.2 Å². The van der Waals surface area contributed by atoms with Crippen LogP contribution in [0.2, 0.25) is 0 Å². The first-order chi connectivity index (χ1) is 6.11. The minimum atomic E-state index is -0.390. The normalized spacial score (nSPS) is 17.3. The molecule has 1 rings (SSSR count). The maximum Gasteiger partial charge on any atom is 0.238 e. The number of halogens is 1. The van der Waals surface area contributed by atoms with E-state index in [4.69, 9.17) is 9.47 Å². The number of hydrogen-bond acceptors (Lipinski definition) is 4. The molecule has 70 valence electrons. The Kier molecular flexibility index (Phi) is 2.87. The van der Waals surface area contributed by atoms with E-state index in [1.807, 2.05) is 0 Å². The molecule has 0 atom stereocenters. The summed E-state index contributed by atoms with van der Waals surface area (Å²) in [5.41, 5.74) is 0. The molecule has 0 saturated heterocycles. The molecule has 0 amide bonds. The molecule has 1 aliphatic rings. The van der Waals surface area contributed by atoms with E-state index in [0.29, 0.717) is 0 Å². The molecule has 0 saturated carbocycles. The zero-order valence-electron chi connectivity index (χ0n) is 7.09. The molecular formula is C8H7BrO4. The average molecular weight is 247 g/mol. The number of carbonyl (C=O) groups excluding carboxylic acids is 2. The van der Waals surface area contributed by atoms with Gasteiger partial charge in [-0.3, -0.25) is 9.59 Å². The predicted octanol–water partition coefficient (Wildman–Crippen LogP) is 0.921. The van der Waals surface area contributed by atoms with Crippen LogP contribution in [0.25, 0.3) is 0 Å². The van der Waals surface area contributed by atoms with Crippen molar-refractivity contribution in [1.82, 2.24) is 0 Å². The van der Waals surface area contributed by atoms with Gasteiger partial charge in [-0.1, -0.05) is 0 Å². The van der Waals surface area contributed by atoms with Crippen molar-refractivity contribution in [3.8, 4) is 0 Å². The molecule has 0 spiro atoms. The summed E-state index contributed by atoms with van der Waals surface area (Å²) in [4.78, 5) is 22.6. The number of ketones is 2. The largest absolute Gasteiger partial charge is 0.492 e. The van der Waals surface area contributed by atoms with Gasteiger partial charge >= 0.3 is 0 Å². The number of carbonyl (C=O) groups is 2. The van der Waals surface area contributed by atoms with Gasteiger partial charge in [-0.05, 0) is 15.9 Å². The van der Waals surface area contributed by atoms with E-state index in [1.165, 1.54) is 14.2 Å². The Balaban J connectivity index is 3.12. The molecule has 1 aliphatic carbocycles. The van der Waals surface area contributed by atoms with Crippen LogP contribution in [0.1, 0.15) is 0 Å². The van der Waals surface area contributed by atoms with Crippen molar-refractivity contribution in [2.45, 2.75) is 0 Å². The summed E-state index contributed by atoms with van der Waals surface area (Å²) in [5.74, 6) is -0.756. The average Bonchev–Trinajstić information content (AvgIpc) is 2.12. The standard InChI is InChI=1S/C8H7BrO4/c1-12-5-3-4(10)8(13-2)6(9)7(5)11/h3H,1-2H3. The highest BCUT2D eigenvalue weighted by molar-refractivity contribution is 9.12. The Morgan fingerprint density at radius 1 is 1.23 bits per heavy atom. The van der Waals surface area contributed by atoms with E-state index in [0.717, 1.165) is 6.08 Å². The van der Waals surface area contributed by atoms with Crippen molar-refractivity contribution >= 4 is 27.5 Å². The van der Waals surface area contributed by atoms with Crippen LogP contribution >= 0.6 is 15.9 Å². The smallest absolute Gasteiger partial charge is 0.238 e. The molecule has 0 aliphatic heterocycles. The van der Waals surface area contributed by atoms with Crippen molar-refractivity contribution in [3.05, 3.63) is 22.1 Å². The van der Waals surface area contributed by atoms with E-state index < -0.39 is 0 Å². The fourth-order valence-electron chi connectivity index (χ4n) is 0.911. The Morgan fingerprint density at radius 2 is 1.85 bits per heavy atom. The lowest BCUT2D eigenvalue weighted by molar-refractivity contribution is -0.119. The Hall–Kier alpha value is -1.10. The minimum Gasteiger partial charge on any atom is -0.492 e. The summed E-state index contributed by atoms with van der Waals surface area (Å²) in [7, 11) is 2.66. The molecular weight excluding hydrogens is 240 g/mol. The van der Waals surface area contributed by atoms with Crippen LogP contribution < -0.4 is 0 Å². The van der Waals surface area contributed by atoms with Gasteiger partial charge in [0.25, 0.3) is 0 Å². The molecule has 0 fully saturated rings. The Bertz CT molecular complexity index is 327. The topological polar surface area (TPSA) is 52.6 Å². The van der Waals surface area contributed by atoms with E-state index in [2.05, 4.69) is 15.9 Å². The SMILES string of the molecule is COC1=CC(=O)C(OC)=C(Br)C1=O. The van der Waals surface area contributed by atoms with Gasteiger partial charge in [-0.2, -0.15) is 0 Å². The first kappa shape index (κ1) is 9.98. The van der Waals surface area contributed by atoms with Crippen LogP contribution in [0, 0.1) is 0 Å². The molecule has 4 nitrogen and oxygen atoms in total. The third-order valence-electron chi connectivity index (χ3n) is 1.53. The van der Waals surface area contributed by atoms with Crippen molar-refractivity contribution in [1.29, 1.82) is 0 Å². The van der Waals surface area contributed by atoms with Crippen LogP contribution in [-0.2, 0) is 19.1 Å². The summed E-state index contributed by atoms with van der Waals surface area (Å²) in [6.45, 7) is 0. The number of Topliss-reactive ketones (excluding diaryl/α,β-unsaturated/α-hetero) is 1. The molecule has 0 radical (unpaired) electrons. The minimum absolute atomic E-state index is 0.00537. The van der Waals surface area contributed by atoms with Gasteiger partial charge in [-0.15, -0.1) is 0 Å². The van der Waals surface area contributed by atoms with Crippen LogP contribution in [-0.4, -0.2) is 25.8 Å². The maximum absolute atomic E-state index is 11.3. The summed E-state index contributed by atoms with van der Waals surface area (Å²) >= 11 is 2.97. The van der Waals surface area contributed by atoms with E-state index >= 15 is 0 Å². The lowest BCUT2D eigenvalue weighted by Gasteiger charge is -2.12. The highest BCUT2D eigenvalue weighted by atomic mass is 79.9. The van der Waals surface area contributed by atoms with Crippen molar-refractivity contribution in [2.24, 2.45) is 0 Å². The van der Waals surface area contributed by atoms with Crippen molar-refractivity contribution in [3.63, 3.8) is 0 Å². The maximum atomic E-state index is 11.3. The Morgan fingerprint density at radius 3 is 2.31 bits per heavy atom. The molecule has 0 bridgehead atoms. The van der Waals surface area contributed by atoms with Gasteiger partial charge in [-0.25, -0.2) is 0 Å². The first-order valence-electron chi connectivity index (χ1n) is 3.40. The molecule has 0 aromatic heterocycles. The number of methoxy groups -OCH3 is 2. The molecule has 5 heteroatoms. The molecule has 0 aromatic rings. The summed E-state index contributed by atoms with van der Waals surface area (Å²) in [5, 5.41) is 0. The highest BCUT2D eigenvalue weighted by Gasteiger charge is 2.28. The third kappa shape index (κ3) is 1.65. The zero-order chi connectivity index (χ0) is 10.0. The Labute approximate surface area is 83.3 Å². The first-order valence-corrected chi connectivity index (χ1v) is 4.19. The molecule has 13 heavy (non-hydrogen) atoms. The van der Waals surface area contributed by atoms with E-state index in [1.54, 1.807) is 0 Å². The second kappa shape index (κ2) is 3.74.